The average Bonchev–Trinajstić information content (AvgIpc) is 2.38. The molecule has 2 N–H and O–H groups in total. The Kier molecular flexibility index (Phi) is 5.45. The molecule has 0 aromatic heterocycles. The Morgan fingerprint density at radius 3 is 2.83 bits per heavy atom. The topological polar surface area (TPSA) is 61.8 Å². The van der Waals surface area contributed by atoms with Crippen molar-refractivity contribution in [2.75, 3.05) is 32.1 Å². The molecule has 0 amide bonds. The molecule has 0 radical (unpaired) electrons. The lowest BCUT2D eigenvalue weighted by molar-refractivity contribution is -0.139. The minimum Gasteiger partial charge on any atom is -0.497 e. The zero-order valence-corrected chi connectivity index (χ0v) is 11.0. The highest BCUT2D eigenvalue weighted by molar-refractivity contribution is 5.74. The van der Waals surface area contributed by atoms with E-state index in [9.17, 15) is 4.79 Å². The molecule has 0 aliphatic rings. The average molecular weight is 252 g/mol. The van der Waals surface area contributed by atoms with Gasteiger partial charge in [-0.3, -0.25) is 4.79 Å². The number of likely N-dealkylation sites (N-methyl/N-ethyl adjacent to an activating group) is 2. The van der Waals surface area contributed by atoms with Crippen molar-refractivity contribution in [3.63, 3.8) is 0 Å². The van der Waals surface area contributed by atoms with Gasteiger partial charge >= 0.3 is 5.97 Å². The van der Waals surface area contributed by atoms with Crippen LogP contribution in [0.15, 0.2) is 24.3 Å². The zero-order chi connectivity index (χ0) is 13.5. The van der Waals surface area contributed by atoms with E-state index in [0.29, 0.717) is 13.1 Å². The highest BCUT2D eigenvalue weighted by Gasteiger charge is 2.18. The van der Waals surface area contributed by atoms with Crippen LogP contribution >= 0.6 is 0 Å². The van der Waals surface area contributed by atoms with E-state index >= 15 is 0 Å². The molecule has 0 saturated carbocycles. The molecular weight excluding hydrogens is 232 g/mol. The number of aliphatic carboxylic acids is 1. The number of nitrogens with one attached hydrogen (secondary N) is 1. The van der Waals surface area contributed by atoms with Gasteiger partial charge in [-0.2, -0.15) is 0 Å². The highest BCUT2D eigenvalue weighted by atomic mass is 16.5. The minimum absolute atomic E-state index is 0.399. The van der Waals surface area contributed by atoms with E-state index in [1.165, 1.54) is 0 Å². The Balaban J connectivity index is 2.73. The van der Waals surface area contributed by atoms with Gasteiger partial charge in [0.05, 0.1) is 7.11 Å². The van der Waals surface area contributed by atoms with Crippen LogP contribution in [-0.2, 0) is 4.79 Å². The first-order valence-corrected chi connectivity index (χ1v) is 5.89. The Morgan fingerprint density at radius 1 is 1.56 bits per heavy atom. The molecule has 0 aliphatic carbocycles. The molecule has 0 bridgehead atoms. The van der Waals surface area contributed by atoms with Gasteiger partial charge < -0.3 is 20.1 Å². The van der Waals surface area contributed by atoms with Gasteiger partial charge in [0.2, 0.25) is 0 Å². The van der Waals surface area contributed by atoms with Gasteiger partial charge in [-0.1, -0.05) is 13.0 Å². The molecule has 100 valence electrons. The van der Waals surface area contributed by atoms with Crippen molar-refractivity contribution < 1.29 is 14.6 Å². The predicted octanol–water partition coefficient (Wildman–Crippen LogP) is 1.19. The number of rotatable bonds is 7. The molecule has 5 nitrogen and oxygen atoms in total. The molecule has 0 saturated heterocycles. The van der Waals surface area contributed by atoms with E-state index < -0.39 is 12.0 Å². The first-order valence-electron chi connectivity index (χ1n) is 5.89. The summed E-state index contributed by atoms with van der Waals surface area (Å²) in [6, 6.07) is 6.97. The molecule has 0 spiro atoms. The summed E-state index contributed by atoms with van der Waals surface area (Å²) in [6.45, 7) is 2.92. The van der Waals surface area contributed by atoms with Crippen molar-refractivity contribution in [1.82, 2.24) is 5.32 Å². The Hall–Kier alpha value is -1.75. The lowest BCUT2D eigenvalue weighted by Gasteiger charge is -2.24. The maximum absolute atomic E-state index is 11.1. The van der Waals surface area contributed by atoms with Gasteiger partial charge in [0, 0.05) is 25.3 Å². The maximum Gasteiger partial charge on any atom is 0.322 e. The van der Waals surface area contributed by atoms with Gasteiger partial charge in [0.1, 0.15) is 11.8 Å². The van der Waals surface area contributed by atoms with Crippen LogP contribution in [-0.4, -0.2) is 44.4 Å². The van der Waals surface area contributed by atoms with Crippen LogP contribution in [0.4, 0.5) is 5.69 Å². The monoisotopic (exact) mass is 252 g/mol. The van der Waals surface area contributed by atoms with Crippen LogP contribution < -0.4 is 15.0 Å². The standard InChI is InChI=1S/C13H20N2O3/c1-4-14-12(13(16)17)9-15(2)10-6-5-7-11(8-10)18-3/h5-8,12,14H,4,9H2,1-3H3,(H,16,17). The summed E-state index contributed by atoms with van der Waals surface area (Å²) in [5, 5.41) is 12.0. The van der Waals surface area contributed by atoms with Crippen molar-refractivity contribution in [2.45, 2.75) is 13.0 Å². The molecule has 1 atom stereocenters. The number of carbonyl (C=O) groups is 1. The molecule has 5 heteroatoms. The quantitative estimate of drug-likeness (QED) is 0.763. The fraction of sp³-hybridized carbons (Fsp3) is 0.462. The largest absolute Gasteiger partial charge is 0.497 e. The normalized spacial score (nSPS) is 11.9. The molecular formula is C13H20N2O3. The van der Waals surface area contributed by atoms with Crippen LogP contribution in [0, 0.1) is 0 Å². The first kappa shape index (κ1) is 14.3. The number of benzene rings is 1. The number of nitrogens with zero attached hydrogens (tertiary/aromatic N) is 1. The second-order valence-electron chi connectivity index (χ2n) is 4.03. The van der Waals surface area contributed by atoms with Crippen LogP contribution in [0.3, 0.4) is 0 Å². The second-order valence-corrected chi connectivity index (χ2v) is 4.03. The fourth-order valence-electron chi connectivity index (χ4n) is 1.70. The van der Waals surface area contributed by atoms with Gasteiger partial charge in [-0.25, -0.2) is 0 Å². The molecule has 0 aliphatic heterocycles. The van der Waals surface area contributed by atoms with E-state index in [1.807, 2.05) is 43.1 Å². The lowest BCUT2D eigenvalue weighted by Crippen LogP contribution is -2.45. The molecule has 0 heterocycles. The van der Waals surface area contributed by atoms with E-state index in [0.717, 1.165) is 11.4 Å². The van der Waals surface area contributed by atoms with Crippen molar-refractivity contribution >= 4 is 11.7 Å². The third-order valence-corrected chi connectivity index (χ3v) is 2.70. The first-order chi connectivity index (χ1) is 8.58. The molecule has 1 aromatic carbocycles. The Bertz CT molecular complexity index is 396. The van der Waals surface area contributed by atoms with Gasteiger partial charge in [0.15, 0.2) is 0 Å². The number of hydrogen-bond donors (Lipinski definition) is 2. The van der Waals surface area contributed by atoms with Crippen molar-refractivity contribution in [1.29, 1.82) is 0 Å². The molecule has 18 heavy (non-hydrogen) atoms. The van der Waals surface area contributed by atoms with E-state index in [4.69, 9.17) is 9.84 Å². The third-order valence-electron chi connectivity index (χ3n) is 2.70. The van der Waals surface area contributed by atoms with Crippen LogP contribution in [0.2, 0.25) is 0 Å². The summed E-state index contributed by atoms with van der Waals surface area (Å²) in [6.07, 6.45) is 0. The zero-order valence-electron chi connectivity index (χ0n) is 11.0. The SMILES string of the molecule is CCNC(CN(C)c1cccc(OC)c1)C(=O)O. The second kappa shape index (κ2) is 6.86. The van der Waals surface area contributed by atoms with Gasteiger partial charge in [0.25, 0.3) is 0 Å². The summed E-state index contributed by atoms with van der Waals surface area (Å²) in [5.74, 6) is -0.0822. The minimum atomic E-state index is -0.841. The summed E-state index contributed by atoms with van der Waals surface area (Å²) in [7, 11) is 3.47. The van der Waals surface area contributed by atoms with Crippen LogP contribution in [0.5, 0.6) is 5.75 Å². The number of carboxylic acids is 1. The molecule has 1 rings (SSSR count). The third kappa shape index (κ3) is 3.92. The smallest absolute Gasteiger partial charge is 0.322 e. The lowest BCUT2D eigenvalue weighted by atomic mass is 10.2. The van der Waals surface area contributed by atoms with Crippen LogP contribution in [0.25, 0.3) is 0 Å². The number of methoxy groups -OCH3 is 1. The van der Waals surface area contributed by atoms with Gasteiger partial charge in [-0.15, -0.1) is 0 Å². The number of hydrogen-bond acceptors (Lipinski definition) is 4. The summed E-state index contributed by atoms with van der Waals surface area (Å²) >= 11 is 0. The van der Waals surface area contributed by atoms with Crippen molar-refractivity contribution in [2.24, 2.45) is 0 Å². The van der Waals surface area contributed by atoms with Crippen molar-refractivity contribution in [3.8, 4) is 5.75 Å². The van der Waals surface area contributed by atoms with Crippen LogP contribution in [0.1, 0.15) is 6.92 Å². The summed E-state index contributed by atoms with van der Waals surface area (Å²) in [4.78, 5) is 13.0. The summed E-state index contributed by atoms with van der Waals surface area (Å²) in [5.41, 5.74) is 0.929. The molecule has 1 unspecified atom stereocenters. The van der Waals surface area contributed by atoms with Crippen molar-refractivity contribution in [3.05, 3.63) is 24.3 Å². The number of carboxylic acid groups (broad SMARTS) is 1. The molecule has 1 aromatic rings. The van der Waals surface area contributed by atoms with E-state index in [-0.39, 0.29) is 0 Å². The Labute approximate surface area is 107 Å². The number of ether oxygens (including phenoxy) is 1. The highest BCUT2D eigenvalue weighted by Crippen LogP contribution is 2.19. The Morgan fingerprint density at radius 2 is 2.28 bits per heavy atom. The summed E-state index contributed by atoms with van der Waals surface area (Å²) < 4.78 is 5.15. The molecule has 0 fully saturated rings. The van der Waals surface area contributed by atoms with Gasteiger partial charge in [-0.05, 0) is 18.7 Å². The predicted molar refractivity (Wildman–Crippen MR) is 71.4 cm³/mol. The fourth-order valence-corrected chi connectivity index (χ4v) is 1.70. The number of anilines is 1. The van der Waals surface area contributed by atoms with E-state index in [1.54, 1.807) is 7.11 Å². The maximum atomic E-state index is 11.1. The van der Waals surface area contributed by atoms with E-state index in [2.05, 4.69) is 5.32 Å².